The number of aliphatic hydroxyl groups is 1. The molecule has 2 fully saturated rings. The van der Waals surface area contributed by atoms with Crippen molar-refractivity contribution in [3.05, 3.63) is 60.2 Å². The lowest BCUT2D eigenvalue weighted by Gasteiger charge is -2.38. The van der Waals surface area contributed by atoms with Gasteiger partial charge in [-0.2, -0.15) is 0 Å². The average molecular weight is 620 g/mol. The van der Waals surface area contributed by atoms with Crippen LogP contribution < -0.4 is 9.88 Å². The predicted molar refractivity (Wildman–Crippen MR) is 157 cm³/mol. The van der Waals surface area contributed by atoms with Gasteiger partial charge in [0.25, 0.3) is 0 Å². The van der Waals surface area contributed by atoms with E-state index >= 15 is 0 Å². The number of benzene rings is 2. The van der Waals surface area contributed by atoms with Crippen LogP contribution in [-0.4, -0.2) is 91.7 Å². The molecule has 2 heterocycles. The molecule has 0 aliphatic carbocycles. The zero-order valence-electron chi connectivity index (χ0n) is 24.8. The lowest BCUT2D eigenvalue weighted by molar-refractivity contribution is -0.0432. The van der Waals surface area contributed by atoms with Crippen molar-refractivity contribution in [3.8, 4) is 5.75 Å². The lowest BCUT2D eigenvalue weighted by Crippen LogP contribution is -2.50. The van der Waals surface area contributed by atoms with Crippen LogP contribution in [0.3, 0.4) is 0 Å². The number of nitrogens with zero attached hydrogens (tertiary/aromatic N) is 2. The third-order valence-corrected chi connectivity index (χ3v) is 8.29. The Labute approximate surface area is 252 Å². The SMILES string of the molecule is CC(C)(C)OC(=O)N(C[C@H](O)COc1cccc(S(N)(=O)=O)c1)C1COC2(CCN(C(=O)OCc3ccccc3)CC2)C1. The van der Waals surface area contributed by atoms with Crippen LogP contribution in [-0.2, 0) is 30.8 Å². The van der Waals surface area contributed by atoms with Crippen LogP contribution in [0.2, 0.25) is 0 Å². The van der Waals surface area contributed by atoms with Crippen LogP contribution in [0.1, 0.15) is 45.6 Å². The van der Waals surface area contributed by atoms with Crippen molar-refractivity contribution in [1.29, 1.82) is 0 Å². The van der Waals surface area contributed by atoms with Crippen molar-refractivity contribution in [1.82, 2.24) is 9.80 Å². The average Bonchev–Trinajstić information content (AvgIpc) is 3.36. The van der Waals surface area contributed by atoms with Gasteiger partial charge in [0.2, 0.25) is 10.0 Å². The molecule has 3 N–H and O–H groups in total. The van der Waals surface area contributed by atoms with E-state index in [1.165, 1.54) is 23.1 Å². The number of nitrogens with two attached hydrogens (primary N) is 1. The van der Waals surface area contributed by atoms with Crippen molar-refractivity contribution in [2.24, 2.45) is 5.14 Å². The molecule has 4 rings (SSSR count). The molecule has 0 bridgehead atoms. The zero-order chi connectivity index (χ0) is 31.3. The highest BCUT2D eigenvalue weighted by atomic mass is 32.2. The van der Waals surface area contributed by atoms with Crippen LogP contribution in [0.15, 0.2) is 59.5 Å². The molecular formula is C30H41N3O9S. The summed E-state index contributed by atoms with van der Waals surface area (Å²) in [5.74, 6) is 0.214. The molecule has 43 heavy (non-hydrogen) atoms. The number of hydrogen-bond acceptors (Lipinski definition) is 9. The number of amides is 2. The second-order valence-corrected chi connectivity index (χ2v) is 13.6. The first kappa shape index (κ1) is 32.5. The molecule has 2 aromatic carbocycles. The summed E-state index contributed by atoms with van der Waals surface area (Å²) in [6, 6.07) is 14.8. The van der Waals surface area contributed by atoms with E-state index in [0.29, 0.717) is 32.4 Å². The zero-order valence-corrected chi connectivity index (χ0v) is 25.6. The summed E-state index contributed by atoms with van der Waals surface area (Å²) < 4.78 is 46.3. The maximum atomic E-state index is 13.3. The smallest absolute Gasteiger partial charge is 0.410 e. The lowest BCUT2D eigenvalue weighted by atomic mass is 9.87. The van der Waals surface area contributed by atoms with Gasteiger partial charge in [-0.05, 0) is 57.7 Å². The van der Waals surface area contributed by atoms with Gasteiger partial charge in [-0.3, -0.25) is 0 Å². The van der Waals surface area contributed by atoms with Gasteiger partial charge in [-0.25, -0.2) is 23.1 Å². The van der Waals surface area contributed by atoms with Crippen LogP contribution in [0.4, 0.5) is 9.59 Å². The second kappa shape index (κ2) is 13.5. The quantitative estimate of drug-likeness (QED) is 0.430. The van der Waals surface area contributed by atoms with Crippen LogP contribution in [0, 0.1) is 0 Å². The number of carbonyl (C=O) groups excluding carboxylic acids is 2. The summed E-state index contributed by atoms with van der Waals surface area (Å²) in [4.78, 5) is 28.9. The number of aliphatic hydroxyl groups excluding tert-OH is 1. The first-order valence-corrected chi connectivity index (χ1v) is 15.8. The Hall–Kier alpha value is -3.39. The van der Waals surface area contributed by atoms with E-state index in [1.54, 1.807) is 31.7 Å². The molecule has 12 nitrogen and oxygen atoms in total. The van der Waals surface area contributed by atoms with Gasteiger partial charge in [-0.1, -0.05) is 36.4 Å². The minimum absolute atomic E-state index is 0.0914. The first-order valence-electron chi connectivity index (χ1n) is 14.3. The van der Waals surface area contributed by atoms with Gasteiger partial charge in [-0.15, -0.1) is 0 Å². The number of carbonyl (C=O) groups is 2. The van der Waals surface area contributed by atoms with Crippen LogP contribution in [0.25, 0.3) is 0 Å². The van der Waals surface area contributed by atoms with Gasteiger partial charge in [0.1, 0.15) is 30.7 Å². The Kier molecular flexibility index (Phi) is 10.2. The van der Waals surface area contributed by atoms with Crippen molar-refractivity contribution in [2.45, 2.75) is 74.9 Å². The molecule has 2 atom stereocenters. The Morgan fingerprint density at radius 2 is 1.84 bits per heavy atom. The summed E-state index contributed by atoms with van der Waals surface area (Å²) in [6.45, 7) is 6.37. The number of hydrogen-bond donors (Lipinski definition) is 2. The maximum Gasteiger partial charge on any atom is 0.410 e. The number of rotatable bonds is 9. The van der Waals surface area contributed by atoms with E-state index in [9.17, 15) is 23.1 Å². The Morgan fingerprint density at radius 3 is 2.49 bits per heavy atom. The van der Waals surface area contributed by atoms with E-state index in [1.807, 2.05) is 30.3 Å². The molecule has 0 saturated carbocycles. The highest BCUT2D eigenvalue weighted by Gasteiger charge is 2.47. The molecule has 1 unspecified atom stereocenters. The van der Waals surface area contributed by atoms with Crippen LogP contribution in [0.5, 0.6) is 5.75 Å². The van der Waals surface area contributed by atoms with Gasteiger partial charge in [0.15, 0.2) is 0 Å². The molecule has 2 saturated heterocycles. The van der Waals surface area contributed by atoms with Crippen molar-refractivity contribution in [3.63, 3.8) is 0 Å². The minimum Gasteiger partial charge on any atom is -0.491 e. The van der Waals surface area contributed by atoms with E-state index in [0.717, 1.165) is 5.56 Å². The highest BCUT2D eigenvalue weighted by Crippen LogP contribution is 2.38. The number of sulfonamides is 1. The fraction of sp³-hybridized carbons (Fsp3) is 0.533. The van der Waals surface area contributed by atoms with Crippen molar-refractivity contribution in [2.75, 3.05) is 32.8 Å². The standard InChI is InChI=1S/C30H41N3O9S/c1-29(2,3)42-28(36)33(18-24(34)21-39-25-10-7-11-26(16-25)43(31,37)38)23-17-30(41-20-23)12-14-32(15-13-30)27(35)40-19-22-8-5-4-6-9-22/h4-11,16,23-24,34H,12-15,17-21H2,1-3H3,(H2,31,37,38)/t23?,24-/m0/s1. The fourth-order valence-corrected chi connectivity index (χ4v) is 5.73. The minimum atomic E-state index is -3.91. The van der Waals surface area contributed by atoms with Gasteiger partial charge in [0.05, 0.1) is 29.7 Å². The van der Waals surface area contributed by atoms with E-state index in [2.05, 4.69) is 0 Å². The number of ether oxygens (including phenoxy) is 4. The monoisotopic (exact) mass is 619 g/mol. The van der Waals surface area contributed by atoms with Gasteiger partial charge in [0, 0.05) is 19.2 Å². The first-order chi connectivity index (χ1) is 20.2. The third kappa shape index (κ3) is 9.30. The third-order valence-electron chi connectivity index (χ3n) is 7.38. The normalized spacial score (nSPS) is 19.1. The van der Waals surface area contributed by atoms with Crippen LogP contribution >= 0.6 is 0 Å². The Bertz CT molecular complexity index is 1360. The fourth-order valence-electron chi connectivity index (χ4n) is 5.18. The summed E-state index contributed by atoms with van der Waals surface area (Å²) >= 11 is 0. The molecule has 1 spiro atoms. The van der Waals surface area contributed by atoms with Gasteiger partial charge >= 0.3 is 12.2 Å². The molecule has 2 amide bonds. The molecule has 0 aromatic heterocycles. The van der Waals surface area contributed by atoms with E-state index in [-0.39, 0.29) is 49.1 Å². The number of likely N-dealkylation sites (tertiary alicyclic amines) is 1. The van der Waals surface area contributed by atoms with E-state index in [4.69, 9.17) is 24.1 Å². The topological polar surface area (TPSA) is 158 Å². The molecular weight excluding hydrogens is 578 g/mol. The van der Waals surface area contributed by atoms with Crippen molar-refractivity contribution >= 4 is 22.2 Å². The largest absolute Gasteiger partial charge is 0.491 e. The second-order valence-electron chi connectivity index (χ2n) is 12.0. The number of primary sulfonamides is 1. The maximum absolute atomic E-state index is 13.3. The highest BCUT2D eigenvalue weighted by molar-refractivity contribution is 7.89. The molecule has 13 heteroatoms. The number of piperidine rings is 1. The summed E-state index contributed by atoms with van der Waals surface area (Å²) in [7, 11) is -3.91. The molecule has 2 aliphatic rings. The Balaban J connectivity index is 1.34. The molecule has 2 aromatic rings. The summed E-state index contributed by atoms with van der Waals surface area (Å²) in [5.41, 5.74) is -0.359. The predicted octanol–water partition coefficient (Wildman–Crippen LogP) is 3.27. The Morgan fingerprint density at radius 1 is 1.14 bits per heavy atom. The molecule has 0 radical (unpaired) electrons. The van der Waals surface area contributed by atoms with Crippen molar-refractivity contribution < 1.29 is 42.1 Å². The van der Waals surface area contributed by atoms with Gasteiger partial charge < -0.3 is 33.9 Å². The summed E-state index contributed by atoms with van der Waals surface area (Å²) in [5, 5.41) is 16.0. The summed E-state index contributed by atoms with van der Waals surface area (Å²) in [6.07, 6.45) is -0.389. The van der Waals surface area contributed by atoms with E-state index < -0.39 is 33.4 Å². The molecule has 236 valence electrons. The molecule has 2 aliphatic heterocycles.